The van der Waals surface area contributed by atoms with Crippen molar-refractivity contribution in [3.05, 3.63) is 41.6 Å². The topological polar surface area (TPSA) is 6.48 Å². The molecule has 4 rings (SSSR count). The van der Waals surface area contributed by atoms with Crippen LogP contribution in [0.5, 0.6) is 0 Å². The van der Waals surface area contributed by atoms with Crippen molar-refractivity contribution in [2.75, 3.05) is 26.2 Å². The van der Waals surface area contributed by atoms with Crippen molar-refractivity contribution in [2.45, 2.75) is 45.1 Å². The molecule has 2 heteroatoms. The molecule has 1 aromatic carbocycles. The summed E-state index contributed by atoms with van der Waals surface area (Å²) in [5.74, 6) is 2.07. The summed E-state index contributed by atoms with van der Waals surface area (Å²) < 4.78 is 0. The maximum absolute atomic E-state index is 2.74. The van der Waals surface area contributed by atoms with E-state index in [2.05, 4.69) is 46.3 Å². The number of nitrogens with zero attached hydrogens (tertiary/aromatic N) is 2. The lowest BCUT2D eigenvalue weighted by Gasteiger charge is -2.41. The molecule has 2 atom stereocenters. The predicted molar refractivity (Wildman–Crippen MR) is 97.0 cm³/mol. The highest BCUT2D eigenvalue weighted by Crippen LogP contribution is 2.36. The summed E-state index contributed by atoms with van der Waals surface area (Å²) in [6.45, 7) is 6.28. The third-order valence-electron chi connectivity index (χ3n) is 6.19. The maximum Gasteiger partial charge on any atom is 0.0429 e. The Morgan fingerprint density at radius 1 is 0.957 bits per heavy atom. The smallest absolute Gasteiger partial charge is 0.0429 e. The molecule has 1 aliphatic carbocycles. The maximum atomic E-state index is 2.74. The summed E-state index contributed by atoms with van der Waals surface area (Å²) in [6, 6.07) is 8.77. The van der Waals surface area contributed by atoms with Gasteiger partial charge in [0.15, 0.2) is 0 Å². The Morgan fingerprint density at radius 2 is 1.83 bits per heavy atom. The van der Waals surface area contributed by atoms with Gasteiger partial charge >= 0.3 is 0 Å². The molecule has 2 unspecified atom stereocenters. The highest BCUT2D eigenvalue weighted by molar-refractivity contribution is 5.55. The lowest BCUT2D eigenvalue weighted by atomic mass is 9.75. The second-order valence-electron chi connectivity index (χ2n) is 7.73. The van der Waals surface area contributed by atoms with Crippen LogP contribution in [0.3, 0.4) is 0 Å². The monoisotopic (exact) mass is 310 g/mol. The number of piperidine rings is 1. The van der Waals surface area contributed by atoms with Crippen LogP contribution in [0.4, 0.5) is 0 Å². The van der Waals surface area contributed by atoms with Crippen LogP contribution >= 0.6 is 0 Å². The fourth-order valence-corrected chi connectivity index (χ4v) is 4.83. The molecule has 2 fully saturated rings. The average molecular weight is 310 g/mol. The number of fused-ring (bicyclic) bond motifs is 2. The molecular weight excluding hydrogens is 280 g/mol. The van der Waals surface area contributed by atoms with E-state index in [9.17, 15) is 0 Å². The second kappa shape index (κ2) is 7.09. The molecule has 0 radical (unpaired) electrons. The van der Waals surface area contributed by atoms with E-state index in [1.807, 2.05) is 0 Å². The molecule has 0 N–H and O–H groups in total. The zero-order valence-corrected chi connectivity index (χ0v) is 14.3. The molecule has 1 aromatic rings. The number of rotatable bonds is 4. The highest BCUT2D eigenvalue weighted by Gasteiger charge is 2.30. The Labute approximate surface area is 141 Å². The minimum Gasteiger partial charge on any atom is -0.373 e. The zero-order chi connectivity index (χ0) is 15.5. The zero-order valence-electron chi connectivity index (χ0n) is 14.3. The molecule has 23 heavy (non-hydrogen) atoms. The van der Waals surface area contributed by atoms with E-state index in [1.54, 1.807) is 0 Å². The summed E-state index contributed by atoms with van der Waals surface area (Å²) >= 11 is 0. The normalized spacial score (nSPS) is 27.6. The number of benzene rings is 1. The van der Waals surface area contributed by atoms with E-state index in [4.69, 9.17) is 0 Å². The number of hydrogen-bond acceptors (Lipinski definition) is 2. The number of hydrogen-bond donors (Lipinski definition) is 0. The fraction of sp³-hybridized carbons (Fsp3) is 0.619. The molecule has 0 bridgehead atoms. The van der Waals surface area contributed by atoms with Crippen molar-refractivity contribution >= 4 is 6.08 Å². The minimum atomic E-state index is 1.01. The quantitative estimate of drug-likeness (QED) is 0.814. The van der Waals surface area contributed by atoms with Gasteiger partial charge in [-0.25, -0.2) is 0 Å². The summed E-state index contributed by atoms with van der Waals surface area (Å²) in [5.41, 5.74) is 2.86. The first-order valence-electron chi connectivity index (χ1n) is 9.61. The van der Waals surface area contributed by atoms with Gasteiger partial charge in [-0.05, 0) is 67.6 Å². The Kier molecular flexibility index (Phi) is 4.70. The summed E-state index contributed by atoms with van der Waals surface area (Å²) in [4.78, 5) is 5.23. The number of likely N-dealkylation sites (tertiary alicyclic amines) is 1. The molecule has 124 valence electrons. The summed E-state index contributed by atoms with van der Waals surface area (Å²) in [5, 5.41) is 0. The van der Waals surface area contributed by atoms with Gasteiger partial charge in [0.1, 0.15) is 0 Å². The van der Waals surface area contributed by atoms with E-state index in [0.29, 0.717) is 0 Å². The Morgan fingerprint density at radius 3 is 2.78 bits per heavy atom. The fourth-order valence-electron chi connectivity index (χ4n) is 4.83. The molecule has 1 saturated heterocycles. The van der Waals surface area contributed by atoms with Gasteiger partial charge in [0.2, 0.25) is 0 Å². The van der Waals surface area contributed by atoms with Gasteiger partial charge in [0, 0.05) is 19.6 Å². The van der Waals surface area contributed by atoms with Gasteiger partial charge in [-0.15, -0.1) is 0 Å². The van der Waals surface area contributed by atoms with Crippen molar-refractivity contribution in [1.82, 2.24) is 9.80 Å². The molecule has 2 heterocycles. The predicted octanol–water partition coefficient (Wildman–Crippen LogP) is 4.38. The van der Waals surface area contributed by atoms with Crippen molar-refractivity contribution in [3.63, 3.8) is 0 Å². The largest absolute Gasteiger partial charge is 0.373 e. The summed E-state index contributed by atoms with van der Waals surface area (Å²) in [6.07, 6.45) is 13.3. The lowest BCUT2D eigenvalue weighted by molar-refractivity contribution is 0.0844. The van der Waals surface area contributed by atoms with Crippen LogP contribution in [-0.2, 0) is 6.54 Å². The molecule has 0 amide bonds. The van der Waals surface area contributed by atoms with E-state index in [1.165, 1.54) is 75.8 Å². The minimum absolute atomic E-state index is 1.01. The highest BCUT2D eigenvalue weighted by atomic mass is 15.1. The first-order chi connectivity index (χ1) is 11.4. The Balaban J connectivity index is 1.22. The van der Waals surface area contributed by atoms with Gasteiger partial charge in [-0.3, -0.25) is 0 Å². The van der Waals surface area contributed by atoms with Crippen molar-refractivity contribution in [1.29, 1.82) is 0 Å². The van der Waals surface area contributed by atoms with Crippen LogP contribution in [0.1, 0.15) is 49.7 Å². The van der Waals surface area contributed by atoms with Crippen LogP contribution < -0.4 is 0 Å². The molecule has 0 aromatic heterocycles. The second-order valence-corrected chi connectivity index (χ2v) is 7.73. The molecule has 1 saturated carbocycles. The van der Waals surface area contributed by atoms with Crippen molar-refractivity contribution < 1.29 is 0 Å². The van der Waals surface area contributed by atoms with Crippen molar-refractivity contribution in [2.24, 2.45) is 11.8 Å². The molecule has 2 nitrogen and oxygen atoms in total. The van der Waals surface area contributed by atoms with Crippen LogP contribution in [-0.4, -0.2) is 36.0 Å². The Hall–Kier alpha value is -1.28. The first-order valence-corrected chi connectivity index (χ1v) is 9.61. The summed E-state index contributed by atoms with van der Waals surface area (Å²) in [7, 11) is 0. The van der Waals surface area contributed by atoms with Crippen LogP contribution in [0.15, 0.2) is 30.5 Å². The average Bonchev–Trinajstić information content (AvgIpc) is 2.61. The first kappa shape index (κ1) is 15.3. The van der Waals surface area contributed by atoms with Crippen LogP contribution in [0, 0.1) is 11.8 Å². The SMILES string of the molecule is C1=CN(CCCN2CCC3CCCCC3C2)Cc2ccccc21. The van der Waals surface area contributed by atoms with Crippen LogP contribution in [0.2, 0.25) is 0 Å². The lowest BCUT2D eigenvalue weighted by Crippen LogP contribution is -2.42. The van der Waals surface area contributed by atoms with E-state index >= 15 is 0 Å². The van der Waals surface area contributed by atoms with E-state index in [0.717, 1.165) is 18.4 Å². The van der Waals surface area contributed by atoms with E-state index in [-0.39, 0.29) is 0 Å². The van der Waals surface area contributed by atoms with Gasteiger partial charge in [0.25, 0.3) is 0 Å². The van der Waals surface area contributed by atoms with Gasteiger partial charge in [-0.2, -0.15) is 0 Å². The standard InChI is InChI=1S/C21H30N2/c1-3-8-20-16-22(14-10-18(20)6-1)12-5-13-23-15-11-19-7-2-4-9-21(19)17-23/h1,3,6,8,10,14,19,21H,2,4-5,7,9,11-13,15-17H2. The molecule has 0 spiro atoms. The van der Waals surface area contributed by atoms with E-state index < -0.39 is 0 Å². The molecule has 3 aliphatic rings. The Bertz CT molecular complexity index is 551. The molecule has 2 aliphatic heterocycles. The third-order valence-corrected chi connectivity index (χ3v) is 6.19. The van der Waals surface area contributed by atoms with Crippen molar-refractivity contribution in [3.8, 4) is 0 Å². The third kappa shape index (κ3) is 3.63. The van der Waals surface area contributed by atoms with Crippen LogP contribution in [0.25, 0.3) is 6.08 Å². The van der Waals surface area contributed by atoms with Gasteiger partial charge < -0.3 is 9.80 Å². The van der Waals surface area contributed by atoms with Gasteiger partial charge in [0.05, 0.1) is 0 Å². The molecular formula is C21H30N2. The van der Waals surface area contributed by atoms with Gasteiger partial charge in [-0.1, -0.05) is 43.5 Å².